The topological polar surface area (TPSA) is 38.8 Å². The van der Waals surface area contributed by atoms with Crippen LogP contribution in [0.25, 0.3) is 0 Å². The molecule has 62 valence electrons. The summed E-state index contributed by atoms with van der Waals surface area (Å²) in [6.07, 6.45) is 1.84. The van der Waals surface area contributed by atoms with E-state index in [9.17, 15) is 0 Å². The van der Waals surface area contributed by atoms with Crippen molar-refractivity contribution in [1.82, 2.24) is 10.2 Å². The molecule has 1 aliphatic rings. The van der Waals surface area contributed by atoms with Crippen LogP contribution in [0, 0.1) is 11.3 Å². The minimum absolute atomic E-state index is 0.629. The number of nitrogens with one attached hydrogen (secondary N) is 1. The molecule has 0 atom stereocenters. The van der Waals surface area contributed by atoms with Crippen molar-refractivity contribution in [2.24, 2.45) is 0 Å². The Morgan fingerprint density at radius 2 is 2.18 bits per heavy atom. The van der Waals surface area contributed by atoms with Gasteiger partial charge in [-0.2, -0.15) is 5.26 Å². The van der Waals surface area contributed by atoms with E-state index in [4.69, 9.17) is 5.26 Å². The lowest BCUT2D eigenvalue weighted by atomic mass is 10.4. The summed E-state index contributed by atoms with van der Waals surface area (Å²) in [6.45, 7) is 5.70. The molecule has 1 aliphatic heterocycles. The lowest BCUT2D eigenvalue weighted by molar-refractivity contribution is 0.515. The van der Waals surface area contributed by atoms with Gasteiger partial charge in [0.1, 0.15) is 0 Å². The summed E-state index contributed by atoms with van der Waals surface area (Å²) in [5, 5.41) is 11.4. The van der Waals surface area contributed by atoms with E-state index in [1.54, 1.807) is 0 Å². The van der Waals surface area contributed by atoms with Gasteiger partial charge in [-0.25, -0.2) is 0 Å². The van der Waals surface area contributed by atoms with Crippen LogP contribution in [0.15, 0.2) is 0 Å². The van der Waals surface area contributed by atoms with Crippen LogP contribution in [-0.4, -0.2) is 37.6 Å². The molecule has 1 saturated heterocycles. The van der Waals surface area contributed by atoms with Crippen LogP contribution in [0.2, 0.25) is 0 Å². The molecule has 1 fully saturated rings. The second-order valence-corrected chi connectivity index (χ2v) is 2.85. The molecular weight excluding hydrogens is 138 g/mol. The fraction of sp³-hybridized carbons (Fsp3) is 0.875. The molecule has 0 spiro atoms. The average Bonchev–Trinajstić information content (AvgIpc) is 2.80. The third-order valence-corrected chi connectivity index (χ3v) is 1.78. The quantitative estimate of drug-likeness (QED) is 0.437. The number of hydrogen-bond acceptors (Lipinski definition) is 3. The maximum atomic E-state index is 8.22. The van der Waals surface area contributed by atoms with E-state index in [-0.39, 0.29) is 0 Å². The summed E-state index contributed by atoms with van der Waals surface area (Å²) in [4.78, 5) is 2.41. The molecule has 0 aromatic carbocycles. The van der Waals surface area contributed by atoms with Crippen molar-refractivity contribution in [3.05, 3.63) is 0 Å². The van der Waals surface area contributed by atoms with Crippen LogP contribution in [0.3, 0.4) is 0 Å². The predicted octanol–water partition coefficient (Wildman–Crippen LogP) is 0.195. The Labute approximate surface area is 68.0 Å². The largest absolute Gasteiger partial charge is 0.316 e. The highest BCUT2D eigenvalue weighted by Gasteiger charge is 2.14. The van der Waals surface area contributed by atoms with Gasteiger partial charge < -0.3 is 10.2 Å². The van der Waals surface area contributed by atoms with Gasteiger partial charge in [-0.1, -0.05) is 0 Å². The van der Waals surface area contributed by atoms with Crippen molar-refractivity contribution in [3.63, 3.8) is 0 Å². The van der Waals surface area contributed by atoms with E-state index in [0.29, 0.717) is 6.42 Å². The van der Waals surface area contributed by atoms with Gasteiger partial charge in [0.25, 0.3) is 0 Å². The van der Waals surface area contributed by atoms with E-state index >= 15 is 0 Å². The first-order chi connectivity index (χ1) is 5.43. The highest BCUT2D eigenvalue weighted by Crippen LogP contribution is 2.02. The number of nitriles is 1. The summed E-state index contributed by atoms with van der Waals surface area (Å²) in [7, 11) is 0. The molecule has 0 bridgehead atoms. The first-order valence-electron chi connectivity index (χ1n) is 4.23. The second-order valence-electron chi connectivity index (χ2n) is 2.85. The first-order valence-corrected chi connectivity index (χ1v) is 4.23. The first kappa shape index (κ1) is 8.51. The SMILES string of the molecule is N#CCCNCCCN1CC1. The van der Waals surface area contributed by atoms with Gasteiger partial charge in [-0.15, -0.1) is 0 Å². The van der Waals surface area contributed by atoms with Crippen LogP contribution in [0.5, 0.6) is 0 Å². The van der Waals surface area contributed by atoms with Gasteiger partial charge >= 0.3 is 0 Å². The molecule has 0 aliphatic carbocycles. The van der Waals surface area contributed by atoms with E-state index in [1.165, 1.54) is 26.1 Å². The highest BCUT2D eigenvalue weighted by atomic mass is 15.2. The minimum Gasteiger partial charge on any atom is -0.316 e. The molecule has 0 amide bonds. The van der Waals surface area contributed by atoms with Gasteiger partial charge in [0, 0.05) is 26.1 Å². The van der Waals surface area contributed by atoms with E-state index in [1.807, 2.05) is 0 Å². The van der Waals surface area contributed by atoms with Crippen molar-refractivity contribution >= 4 is 0 Å². The lowest BCUT2D eigenvalue weighted by Crippen LogP contribution is -2.18. The second kappa shape index (κ2) is 5.11. The summed E-state index contributed by atoms with van der Waals surface area (Å²) in [5.74, 6) is 0. The molecule has 0 radical (unpaired) electrons. The van der Waals surface area contributed by atoms with Crippen LogP contribution >= 0.6 is 0 Å². The Kier molecular flexibility index (Phi) is 3.95. The average molecular weight is 153 g/mol. The van der Waals surface area contributed by atoms with E-state index in [2.05, 4.69) is 16.3 Å². The predicted molar refractivity (Wildman–Crippen MR) is 44.2 cm³/mol. The molecule has 3 heteroatoms. The van der Waals surface area contributed by atoms with Crippen LogP contribution < -0.4 is 5.32 Å². The monoisotopic (exact) mass is 153 g/mol. The maximum absolute atomic E-state index is 8.22. The summed E-state index contributed by atoms with van der Waals surface area (Å²) in [5.41, 5.74) is 0. The highest BCUT2D eigenvalue weighted by molar-refractivity contribution is 4.73. The van der Waals surface area contributed by atoms with Crippen LogP contribution in [0.1, 0.15) is 12.8 Å². The fourth-order valence-corrected chi connectivity index (χ4v) is 0.991. The van der Waals surface area contributed by atoms with E-state index < -0.39 is 0 Å². The molecule has 1 N–H and O–H groups in total. The Hall–Kier alpha value is -0.590. The van der Waals surface area contributed by atoms with Crippen LogP contribution in [-0.2, 0) is 0 Å². The van der Waals surface area contributed by atoms with Crippen molar-refractivity contribution in [3.8, 4) is 6.07 Å². The molecular formula is C8H15N3. The zero-order valence-corrected chi connectivity index (χ0v) is 6.84. The fourth-order valence-electron chi connectivity index (χ4n) is 0.991. The summed E-state index contributed by atoms with van der Waals surface area (Å²) >= 11 is 0. The zero-order valence-electron chi connectivity index (χ0n) is 6.84. The third kappa shape index (κ3) is 4.77. The molecule has 1 rings (SSSR count). The Balaban J connectivity index is 1.70. The number of rotatable bonds is 6. The molecule has 0 unspecified atom stereocenters. The molecule has 0 aromatic rings. The standard InChI is InChI=1S/C8H15N3/c9-3-1-4-10-5-2-6-11-7-8-11/h10H,1-2,4-8H2. The van der Waals surface area contributed by atoms with E-state index in [0.717, 1.165) is 13.1 Å². The Morgan fingerprint density at radius 1 is 1.36 bits per heavy atom. The van der Waals surface area contributed by atoms with Crippen molar-refractivity contribution in [2.45, 2.75) is 12.8 Å². The molecule has 0 aromatic heterocycles. The maximum Gasteiger partial charge on any atom is 0.0635 e. The number of hydrogen-bond donors (Lipinski definition) is 1. The molecule has 1 heterocycles. The normalized spacial score (nSPS) is 16.3. The van der Waals surface area contributed by atoms with Crippen molar-refractivity contribution < 1.29 is 0 Å². The molecule has 11 heavy (non-hydrogen) atoms. The molecule has 3 nitrogen and oxygen atoms in total. The lowest BCUT2D eigenvalue weighted by Gasteiger charge is -2.01. The zero-order chi connectivity index (χ0) is 7.94. The number of nitrogens with zero attached hydrogens (tertiary/aromatic N) is 2. The third-order valence-electron chi connectivity index (χ3n) is 1.78. The summed E-state index contributed by atoms with van der Waals surface area (Å²) < 4.78 is 0. The smallest absolute Gasteiger partial charge is 0.0635 e. The van der Waals surface area contributed by atoms with Gasteiger partial charge in [0.15, 0.2) is 0 Å². The van der Waals surface area contributed by atoms with Gasteiger partial charge in [-0.05, 0) is 19.5 Å². The Bertz CT molecular complexity index is 135. The Morgan fingerprint density at radius 3 is 2.82 bits per heavy atom. The van der Waals surface area contributed by atoms with Crippen molar-refractivity contribution in [2.75, 3.05) is 32.7 Å². The van der Waals surface area contributed by atoms with Gasteiger partial charge in [0.2, 0.25) is 0 Å². The molecule has 0 saturated carbocycles. The van der Waals surface area contributed by atoms with Gasteiger partial charge in [-0.3, -0.25) is 0 Å². The minimum atomic E-state index is 0.629. The van der Waals surface area contributed by atoms with Crippen molar-refractivity contribution in [1.29, 1.82) is 5.26 Å². The van der Waals surface area contributed by atoms with Crippen LogP contribution in [0.4, 0.5) is 0 Å². The van der Waals surface area contributed by atoms with Gasteiger partial charge in [0.05, 0.1) is 6.07 Å². The summed E-state index contributed by atoms with van der Waals surface area (Å²) in [6, 6.07) is 2.11.